The van der Waals surface area contributed by atoms with Crippen LogP contribution in [0.1, 0.15) is 28.6 Å². The first-order valence-electron chi connectivity index (χ1n) is 5.24. The van der Waals surface area contributed by atoms with Gasteiger partial charge in [-0.05, 0) is 24.3 Å². The first kappa shape index (κ1) is 13.7. The molecular weight excluding hydrogens is 240 g/mol. The lowest BCUT2D eigenvalue weighted by Crippen LogP contribution is -2.35. The molecule has 1 aromatic heterocycles. The molecule has 17 heavy (non-hydrogen) atoms. The highest BCUT2D eigenvalue weighted by molar-refractivity contribution is 7.12. The zero-order valence-corrected chi connectivity index (χ0v) is 10.9. The van der Waals surface area contributed by atoms with Crippen molar-refractivity contribution in [2.75, 3.05) is 12.4 Å². The number of aryl methyl sites for hydroxylation is 1. The van der Waals surface area contributed by atoms with E-state index in [0.717, 1.165) is 5.56 Å². The largest absolute Gasteiger partial charge is 0.465 e. The van der Waals surface area contributed by atoms with E-state index in [1.54, 1.807) is 5.38 Å². The van der Waals surface area contributed by atoms with Gasteiger partial charge in [-0.25, -0.2) is 4.79 Å². The van der Waals surface area contributed by atoms with Crippen molar-refractivity contribution in [3.8, 4) is 0 Å². The molecule has 0 saturated carbocycles. The fraction of sp³-hybridized carbons (Fsp3) is 0.455. The van der Waals surface area contributed by atoms with Gasteiger partial charge in [-0.3, -0.25) is 4.79 Å². The number of nitrogens with two attached hydrogens (primary N) is 1. The number of hydrogen-bond acceptors (Lipinski definition) is 5. The second kappa shape index (κ2) is 5.79. The van der Waals surface area contributed by atoms with Gasteiger partial charge in [0, 0.05) is 0 Å². The van der Waals surface area contributed by atoms with Crippen molar-refractivity contribution >= 4 is 28.9 Å². The van der Waals surface area contributed by atoms with E-state index in [2.05, 4.69) is 10.1 Å². The van der Waals surface area contributed by atoms with Crippen LogP contribution in [0.15, 0.2) is 5.38 Å². The molecule has 0 saturated heterocycles. The van der Waals surface area contributed by atoms with E-state index in [0.29, 0.717) is 17.0 Å². The second-order valence-electron chi connectivity index (χ2n) is 3.62. The maximum absolute atomic E-state index is 11.7. The molecule has 3 N–H and O–H groups in total. The normalized spacial score (nSPS) is 12.0. The molecule has 0 fully saturated rings. The summed E-state index contributed by atoms with van der Waals surface area (Å²) in [5.74, 6) is -0.748. The predicted molar refractivity (Wildman–Crippen MR) is 67.3 cm³/mol. The van der Waals surface area contributed by atoms with Gasteiger partial charge < -0.3 is 15.8 Å². The molecule has 0 radical (unpaired) electrons. The molecule has 1 aromatic rings. The average Bonchev–Trinajstić information content (AvgIpc) is 2.69. The van der Waals surface area contributed by atoms with Crippen LogP contribution in [0.4, 0.5) is 5.69 Å². The lowest BCUT2D eigenvalue weighted by Gasteiger charge is -2.11. The summed E-state index contributed by atoms with van der Waals surface area (Å²) in [4.78, 5) is 23.5. The van der Waals surface area contributed by atoms with E-state index in [-0.39, 0.29) is 5.91 Å². The van der Waals surface area contributed by atoms with Crippen LogP contribution in [0.25, 0.3) is 0 Å². The highest BCUT2D eigenvalue weighted by atomic mass is 32.1. The van der Waals surface area contributed by atoms with Crippen LogP contribution in [0.3, 0.4) is 0 Å². The Kier molecular flexibility index (Phi) is 4.65. The van der Waals surface area contributed by atoms with Crippen molar-refractivity contribution in [3.63, 3.8) is 0 Å². The molecule has 0 aliphatic carbocycles. The lowest BCUT2D eigenvalue weighted by molar-refractivity contribution is -0.117. The molecule has 1 atom stereocenters. The number of anilines is 1. The number of carbonyl (C=O) groups is 2. The number of esters is 1. The van der Waals surface area contributed by atoms with Gasteiger partial charge in [0.25, 0.3) is 0 Å². The number of thiophene rings is 1. The first-order valence-corrected chi connectivity index (χ1v) is 6.12. The third-order valence-electron chi connectivity index (χ3n) is 2.37. The molecule has 0 bridgehead atoms. The second-order valence-corrected chi connectivity index (χ2v) is 4.50. The Morgan fingerprint density at radius 2 is 2.24 bits per heavy atom. The monoisotopic (exact) mass is 256 g/mol. The molecule has 1 amide bonds. The fourth-order valence-electron chi connectivity index (χ4n) is 1.24. The van der Waals surface area contributed by atoms with Crippen molar-refractivity contribution in [1.82, 2.24) is 0 Å². The summed E-state index contributed by atoms with van der Waals surface area (Å²) >= 11 is 1.24. The highest BCUT2D eigenvalue weighted by Crippen LogP contribution is 2.28. The SMILES string of the molecule is CCC(N)C(=O)Nc1c(C)csc1C(=O)OC. The topological polar surface area (TPSA) is 81.4 Å². The van der Waals surface area contributed by atoms with Crippen molar-refractivity contribution in [2.45, 2.75) is 26.3 Å². The molecule has 0 aliphatic heterocycles. The zero-order chi connectivity index (χ0) is 13.0. The van der Waals surface area contributed by atoms with Crippen LogP contribution < -0.4 is 11.1 Å². The Hall–Kier alpha value is -1.40. The number of ether oxygens (including phenoxy) is 1. The van der Waals surface area contributed by atoms with Crippen molar-refractivity contribution in [2.24, 2.45) is 5.73 Å². The van der Waals surface area contributed by atoms with E-state index < -0.39 is 12.0 Å². The number of nitrogens with one attached hydrogen (secondary N) is 1. The average molecular weight is 256 g/mol. The number of rotatable bonds is 4. The smallest absolute Gasteiger partial charge is 0.350 e. The molecule has 94 valence electrons. The number of carbonyl (C=O) groups excluding carboxylic acids is 2. The van der Waals surface area contributed by atoms with Gasteiger partial charge in [-0.2, -0.15) is 0 Å². The van der Waals surface area contributed by atoms with Gasteiger partial charge in [0.2, 0.25) is 5.91 Å². The summed E-state index contributed by atoms with van der Waals surface area (Å²) in [7, 11) is 1.31. The molecule has 1 unspecified atom stereocenters. The van der Waals surface area contributed by atoms with Crippen LogP contribution in [-0.2, 0) is 9.53 Å². The lowest BCUT2D eigenvalue weighted by atomic mass is 10.2. The summed E-state index contributed by atoms with van der Waals surface area (Å²) in [6.45, 7) is 3.64. The molecule has 1 rings (SSSR count). The summed E-state index contributed by atoms with van der Waals surface area (Å²) in [5.41, 5.74) is 6.94. The predicted octanol–water partition coefficient (Wildman–Crippen LogP) is 1.52. The van der Waals surface area contributed by atoms with E-state index >= 15 is 0 Å². The molecular formula is C11H16N2O3S. The summed E-state index contributed by atoms with van der Waals surface area (Å²) < 4.78 is 4.65. The van der Waals surface area contributed by atoms with Gasteiger partial charge in [0.1, 0.15) is 4.88 Å². The standard InChI is InChI=1S/C11H16N2O3S/c1-4-7(12)10(14)13-8-6(2)5-17-9(8)11(15)16-3/h5,7H,4,12H2,1-3H3,(H,13,14). The molecule has 0 aromatic carbocycles. The van der Waals surface area contributed by atoms with Crippen LogP contribution >= 0.6 is 11.3 Å². The van der Waals surface area contributed by atoms with E-state index in [1.807, 2.05) is 13.8 Å². The minimum Gasteiger partial charge on any atom is -0.465 e. The van der Waals surface area contributed by atoms with Crippen LogP contribution in [0, 0.1) is 6.92 Å². The highest BCUT2D eigenvalue weighted by Gasteiger charge is 2.20. The number of methoxy groups -OCH3 is 1. The molecule has 0 aliphatic rings. The number of hydrogen-bond donors (Lipinski definition) is 2. The Labute approximate surface area is 104 Å². The molecule has 1 heterocycles. The van der Waals surface area contributed by atoms with Crippen molar-refractivity contribution < 1.29 is 14.3 Å². The zero-order valence-electron chi connectivity index (χ0n) is 10.1. The van der Waals surface area contributed by atoms with Crippen LogP contribution in [0.5, 0.6) is 0 Å². The molecule has 6 heteroatoms. The van der Waals surface area contributed by atoms with E-state index in [9.17, 15) is 9.59 Å². The third kappa shape index (κ3) is 3.04. The maximum atomic E-state index is 11.7. The van der Waals surface area contributed by atoms with E-state index in [4.69, 9.17) is 5.73 Å². The molecule has 5 nitrogen and oxygen atoms in total. The van der Waals surface area contributed by atoms with Gasteiger partial charge in [0.05, 0.1) is 18.8 Å². The quantitative estimate of drug-likeness (QED) is 0.800. The van der Waals surface area contributed by atoms with Crippen LogP contribution in [0.2, 0.25) is 0 Å². The third-order valence-corrected chi connectivity index (χ3v) is 3.45. The van der Waals surface area contributed by atoms with Gasteiger partial charge in [-0.1, -0.05) is 6.92 Å². The van der Waals surface area contributed by atoms with Gasteiger partial charge in [-0.15, -0.1) is 11.3 Å². The van der Waals surface area contributed by atoms with Gasteiger partial charge >= 0.3 is 5.97 Å². The maximum Gasteiger partial charge on any atom is 0.350 e. The fourth-order valence-corrected chi connectivity index (χ4v) is 2.17. The summed E-state index contributed by atoms with van der Waals surface area (Å²) in [6.07, 6.45) is 0.544. The Morgan fingerprint density at radius 1 is 1.59 bits per heavy atom. The molecule has 0 spiro atoms. The number of amides is 1. The minimum atomic E-state index is -0.570. The first-order chi connectivity index (χ1) is 8.01. The van der Waals surface area contributed by atoms with Crippen molar-refractivity contribution in [3.05, 3.63) is 15.8 Å². The summed E-state index contributed by atoms with van der Waals surface area (Å²) in [6, 6.07) is -0.570. The van der Waals surface area contributed by atoms with Gasteiger partial charge in [0.15, 0.2) is 0 Å². The Bertz CT molecular complexity index is 428. The summed E-state index contributed by atoms with van der Waals surface area (Å²) in [5, 5.41) is 4.46. The minimum absolute atomic E-state index is 0.292. The van der Waals surface area contributed by atoms with Crippen molar-refractivity contribution in [1.29, 1.82) is 0 Å². The Morgan fingerprint density at radius 3 is 2.76 bits per heavy atom. The Balaban J connectivity index is 2.94. The van der Waals surface area contributed by atoms with E-state index in [1.165, 1.54) is 18.4 Å². The van der Waals surface area contributed by atoms with Crippen LogP contribution in [-0.4, -0.2) is 25.0 Å².